The molecule has 1 nitrogen and oxygen atoms in total. The molecular formula is C14H29NS. The van der Waals surface area contributed by atoms with Gasteiger partial charge in [-0.2, -0.15) is 11.8 Å². The minimum atomic E-state index is 0.715. The summed E-state index contributed by atoms with van der Waals surface area (Å²) in [5.41, 5.74) is 0. The van der Waals surface area contributed by atoms with E-state index in [2.05, 4.69) is 30.9 Å². The molecule has 0 saturated heterocycles. The van der Waals surface area contributed by atoms with Crippen LogP contribution in [0.2, 0.25) is 0 Å². The van der Waals surface area contributed by atoms with Gasteiger partial charge in [-0.1, -0.05) is 26.2 Å². The number of rotatable bonds is 8. The van der Waals surface area contributed by atoms with Gasteiger partial charge in [0.2, 0.25) is 0 Å². The molecule has 0 heterocycles. The van der Waals surface area contributed by atoms with Gasteiger partial charge in [-0.25, -0.2) is 0 Å². The summed E-state index contributed by atoms with van der Waals surface area (Å²) in [4.78, 5) is 0. The Labute approximate surface area is 106 Å². The van der Waals surface area contributed by atoms with Crippen LogP contribution in [0.25, 0.3) is 0 Å². The topological polar surface area (TPSA) is 12.0 Å². The summed E-state index contributed by atoms with van der Waals surface area (Å²) in [6.45, 7) is 5.73. The van der Waals surface area contributed by atoms with Crippen molar-refractivity contribution in [2.75, 3.05) is 12.3 Å². The van der Waals surface area contributed by atoms with Crippen molar-refractivity contribution < 1.29 is 0 Å². The molecule has 16 heavy (non-hydrogen) atoms. The molecule has 1 saturated carbocycles. The van der Waals surface area contributed by atoms with Gasteiger partial charge < -0.3 is 5.32 Å². The first-order chi connectivity index (χ1) is 7.83. The van der Waals surface area contributed by atoms with Gasteiger partial charge in [0, 0.05) is 11.3 Å². The SMILES string of the molecule is CCCNC(C)CCCSC1CCCCC1. The van der Waals surface area contributed by atoms with Gasteiger partial charge in [0.05, 0.1) is 0 Å². The van der Waals surface area contributed by atoms with Crippen molar-refractivity contribution in [1.29, 1.82) is 0 Å². The standard InChI is InChI=1S/C14H29NS/c1-3-11-15-13(2)8-7-12-16-14-9-5-4-6-10-14/h13-15H,3-12H2,1-2H3. The first-order valence-corrected chi connectivity index (χ1v) is 8.22. The van der Waals surface area contributed by atoms with Crippen LogP contribution < -0.4 is 5.32 Å². The van der Waals surface area contributed by atoms with Crippen molar-refractivity contribution in [2.24, 2.45) is 0 Å². The third-order valence-corrected chi connectivity index (χ3v) is 4.90. The maximum absolute atomic E-state index is 3.56. The van der Waals surface area contributed by atoms with Crippen LogP contribution in [0.15, 0.2) is 0 Å². The number of nitrogens with one attached hydrogen (secondary N) is 1. The van der Waals surface area contributed by atoms with Crippen molar-refractivity contribution in [1.82, 2.24) is 5.32 Å². The summed E-state index contributed by atoms with van der Waals surface area (Å²) in [6, 6.07) is 0.715. The molecule has 1 fully saturated rings. The number of hydrogen-bond acceptors (Lipinski definition) is 2. The summed E-state index contributed by atoms with van der Waals surface area (Å²) in [5, 5.41) is 4.55. The predicted molar refractivity (Wildman–Crippen MR) is 76.3 cm³/mol. The van der Waals surface area contributed by atoms with Crippen molar-refractivity contribution in [2.45, 2.75) is 76.5 Å². The first kappa shape index (κ1) is 14.4. The van der Waals surface area contributed by atoms with E-state index in [-0.39, 0.29) is 0 Å². The number of thioether (sulfide) groups is 1. The molecule has 1 rings (SSSR count). The summed E-state index contributed by atoms with van der Waals surface area (Å²) in [5.74, 6) is 1.38. The molecule has 0 aromatic carbocycles. The molecule has 1 aliphatic carbocycles. The third kappa shape index (κ3) is 6.80. The van der Waals surface area contributed by atoms with Crippen LogP contribution in [0.1, 0.15) is 65.2 Å². The summed E-state index contributed by atoms with van der Waals surface area (Å²) in [6.07, 6.45) is 11.4. The van der Waals surface area contributed by atoms with Crippen LogP contribution in [0.5, 0.6) is 0 Å². The van der Waals surface area contributed by atoms with Crippen molar-refractivity contribution >= 4 is 11.8 Å². The van der Waals surface area contributed by atoms with Gasteiger partial charge in [-0.15, -0.1) is 0 Å². The van der Waals surface area contributed by atoms with Crippen LogP contribution in [-0.4, -0.2) is 23.6 Å². The Bertz CT molecular complexity index is 155. The van der Waals surface area contributed by atoms with E-state index in [0.29, 0.717) is 6.04 Å². The monoisotopic (exact) mass is 243 g/mol. The van der Waals surface area contributed by atoms with E-state index in [4.69, 9.17) is 0 Å². The molecule has 0 aromatic rings. The molecule has 0 amide bonds. The summed E-state index contributed by atoms with van der Waals surface area (Å²) >= 11 is 2.24. The minimum Gasteiger partial charge on any atom is -0.314 e. The highest BCUT2D eigenvalue weighted by molar-refractivity contribution is 7.99. The third-order valence-electron chi connectivity index (χ3n) is 3.43. The lowest BCUT2D eigenvalue weighted by Crippen LogP contribution is -2.26. The lowest BCUT2D eigenvalue weighted by molar-refractivity contribution is 0.505. The Morgan fingerprint density at radius 1 is 1.25 bits per heavy atom. The molecule has 1 unspecified atom stereocenters. The van der Waals surface area contributed by atoms with Gasteiger partial charge >= 0.3 is 0 Å². The van der Waals surface area contributed by atoms with E-state index in [1.807, 2.05) is 0 Å². The lowest BCUT2D eigenvalue weighted by atomic mass is 10.0. The normalized spacial score (nSPS) is 19.9. The maximum atomic E-state index is 3.56. The van der Waals surface area contributed by atoms with Crippen LogP contribution in [-0.2, 0) is 0 Å². The van der Waals surface area contributed by atoms with E-state index >= 15 is 0 Å². The molecule has 0 bridgehead atoms. The molecular weight excluding hydrogens is 214 g/mol. The first-order valence-electron chi connectivity index (χ1n) is 7.18. The van der Waals surface area contributed by atoms with Crippen LogP contribution in [0, 0.1) is 0 Å². The average Bonchev–Trinajstić information content (AvgIpc) is 2.33. The zero-order valence-corrected chi connectivity index (χ0v) is 12.0. The fourth-order valence-corrected chi connectivity index (χ4v) is 3.70. The summed E-state index contributed by atoms with van der Waals surface area (Å²) < 4.78 is 0. The fourth-order valence-electron chi connectivity index (χ4n) is 2.36. The molecule has 0 aromatic heterocycles. The second-order valence-electron chi connectivity index (χ2n) is 5.13. The molecule has 2 heteroatoms. The highest BCUT2D eigenvalue weighted by Gasteiger charge is 2.13. The van der Waals surface area contributed by atoms with Crippen LogP contribution >= 0.6 is 11.8 Å². The Hall–Kier alpha value is 0.310. The molecule has 0 spiro atoms. The second kappa shape index (κ2) is 9.35. The molecule has 96 valence electrons. The zero-order chi connectivity index (χ0) is 11.6. The van der Waals surface area contributed by atoms with Gasteiger partial charge in [-0.05, 0) is 51.3 Å². The van der Waals surface area contributed by atoms with E-state index in [1.165, 1.54) is 63.7 Å². The van der Waals surface area contributed by atoms with Crippen molar-refractivity contribution in [3.8, 4) is 0 Å². The zero-order valence-electron chi connectivity index (χ0n) is 11.1. The Morgan fingerprint density at radius 2 is 2.00 bits per heavy atom. The van der Waals surface area contributed by atoms with Gasteiger partial charge in [0.25, 0.3) is 0 Å². The van der Waals surface area contributed by atoms with E-state index in [1.54, 1.807) is 0 Å². The van der Waals surface area contributed by atoms with Gasteiger partial charge in [-0.3, -0.25) is 0 Å². The Kier molecular flexibility index (Phi) is 8.40. The van der Waals surface area contributed by atoms with E-state index < -0.39 is 0 Å². The van der Waals surface area contributed by atoms with Crippen molar-refractivity contribution in [3.05, 3.63) is 0 Å². The van der Waals surface area contributed by atoms with Gasteiger partial charge in [0.15, 0.2) is 0 Å². The molecule has 0 aliphatic heterocycles. The minimum absolute atomic E-state index is 0.715. The maximum Gasteiger partial charge on any atom is 0.00470 e. The average molecular weight is 243 g/mol. The second-order valence-corrected chi connectivity index (χ2v) is 6.54. The quantitative estimate of drug-likeness (QED) is 0.641. The fraction of sp³-hybridized carbons (Fsp3) is 1.00. The molecule has 1 N–H and O–H groups in total. The molecule has 1 atom stereocenters. The summed E-state index contributed by atoms with van der Waals surface area (Å²) in [7, 11) is 0. The number of hydrogen-bond donors (Lipinski definition) is 1. The predicted octanol–water partition coefficient (Wildman–Crippen LogP) is 4.22. The Balaban J connectivity index is 1.90. The highest BCUT2D eigenvalue weighted by atomic mass is 32.2. The molecule has 0 radical (unpaired) electrons. The van der Waals surface area contributed by atoms with Crippen LogP contribution in [0.4, 0.5) is 0 Å². The smallest absolute Gasteiger partial charge is 0.00470 e. The highest BCUT2D eigenvalue weighted by Crippen LogP contribution is 2.28. The largest absolute Gasteiger partial charge is 0.314 e. The van der Waals surface area contributed by atoms with Crippen molar-refractivity contribution in [3.63, 3.8) is 0 Å². The van der Waals surface area contributed by atoms with Crippen LogP contribution in [0.3, 0.4) is 0 Å². The lowest BCUT2D eigenvalue weighted by Gasteiger charge is -2.21. The van der Waals surface area contributed by atoms with E-state index in [9.17, 15) is 0 Å². The van der Waals surface area contributed by atoms with Gasteiger partial charge in [0.1, 0.15) is 0 Å². The molecule has 1 aliphatic rings. The van der Waals surface area contributed by atoms with E-state index in [0.717, 1.165) is 5.25 Å². The Morgan fingerprint density at radius 3 is 2.69 bits per heavy atom.